The maximum absolute atomic E-state index is 13.1. The monoisotopic (exact) mass is 392 g/mol. The zero-order chi connectivity index (χ0) is 17.5. The lowest BCUT2D eigenvalue weighted by Crippen LogP contribution is -2.40. The van der Waals surface area contributed by atoms with Crippen LogP contribution >= 0.6 is 12.4 Å². The molecule has 5 nitrogen and oxygen atoms in total. The molecule has 1 aromatic carbocycles. The van der Waals surface area contributed by atoms with Gasteiger partial charge in [0.25, 0.3) is 0 Å². The highest BCUT2D eigenvalue weighted by Gasteiger charge is 2.37. The Hall–Kier alpha value is -1.46. The summed E-state index contributed by atoms with van der Waals surface area (Å²) in [7, 11) is 0. The third-order valence-electron chi connectivity index (χ3n) is 6.56. The van der Waals surface area contributed by atoms with Gasteiger partial charge in [0.1, 0.15) is 13.2 Å². The lowest BCUT2D eigenvalue weighted by atomic mass is 9.89. The number of rotatable bonds is 3. The van der Waals surface area contributed by atoms with Gasteiger partial charge in [-0.3, -0.25) is 4.79 Å². The summed E-state index contributed by atoms with van der Waals surface area (Å²) in [6, 6.07) is 7.67. The maximum Gasteiger partial charge on any atom is 0.223 e. The minimum atomic E-state index is 0. The van der Waals surface area contributed by atoms with Crippen LogP contribution in [0.15, 0.2) is 18.2 Å². The average Bonchev–Trinajstić information content (AvgIpc) is 3.28. The highest BCUT2D eigenvalue weighted by Crippen LogP contribution is 2.39. The second-order valence-corrected chi connectivity index (χ2v) is 8.33. The first kappa shape index (κ1) is 18.9. The molecule has 1 aromatic rings. The summed E-state index contributed by atoms with van der Waals surface area (Å²) in [6.07, 6.45) is 7.77. The molecule has 1 N–H and O–H groups in total. The summed E-state index contributed by atoms with van der Waals surface area (Å²) < 4.78 is 11.4. The van der Waals surface area contributed by atoms with Gasteiger partial charge in [0.05, 0.1) is 6.04 Å². The topological polar surface area (TPSA) is 50.8 Å². The van der Waals surface area contributed by atoms with E-state index in [1.807, 2.05) is 6.07 Å². The minimum Gasteiger partial charge on any atom is -0.486 e. The number of nitrogens with one attached hydrogen (secondary N) is 1. The molecular weight excluding hydrogens is 364 g/mol. The fourth-order valence-corrected chi connectivity index (χ4v) is 5.38. The highest BCUT2D eigenvalue weighted by molar-refractivity contribution is 5.85. The number of nitrogens with zero attached hydrogens (tertiary/aromatic N) is 1. The Morgan fingerprint density at radius 3 is 2.59 bits per heavy atom. The van der Waals surface area contributed by atoms with Gasteiger partial charge >= 0.3 is 0 Å². The van der Waals surface area contributed by atoms with Crippen LogP contribution in [-0.2, 0) is 4.79 Å². The van der Waals surface area contributed by atoms with E-state index in [9.17, 15) is 4.79 Å². The number of halogens is 1. The molecular formula is C21H29ClN2O3. The Labute approximate surface area is 167 Å². The van der Waals surface area contributed by atoms with Gasteiger partial charge in [0.15, 0.2) is 11.5 Å². The van der Waals surface area contributed by atoms with Gasteiger partial charge in [0.2, 0.25) is 5.91 Å². The molecule has 4 aliphatic heterocycles. The van der Waals surface area contributed by atoms with Gasteiger partial charge in [-0.1, -0.05) is 6.07 Å². The molecule has 3 unspecified atom stereocenters. The number of carbonyl (C=O) groups is 1. The molecule has 3 saturated heterocycles. The highest BCUT2D eigenvalue weighted by atomic mass is 35.5. The van der Waals surface area contributed by atoms with E-state index in [1.165, 1.54) is 31.2 Å². The van der Waals surface area contributed by atoms with Crippen molar-refractivity contribution in [2.24, 2.45) is 5.92 Å². The Balaban J connectivity index is 0.00000180. The lowest BCUT2D eigenvalue weighted by Gasteiger charge is -2.32. The van der Waals surface area contributed by atoms with Crippen molar-refractivity contribution >= 4 is 18.3 Å². The Bertz CT molecular complexity index is 686. The van der Waals surface area contributed by atoms with Crippen LogP contribution < -0.4 is 14.8 Å². The van der Waals surface area contributed by atoms with E-state index < -0.39 is 0 Å². The van der Waals surface area contributed by atoms with E-state index in [1.54, 1.807) is 0 Å². The molecule has 148 valence electrons. The molecule has 5 rings (SSSR count). The predicted molar refractivity (Wildman–Crippen MR) is 106 cm³/mol. The second-order valence-electron chi connectivity index (χ2n) is 8.33. The molecule has 3 fully saturated rings. The summed E-state index contributed by atoms with van der Waals surface area (Å²) in [4.78, 5) is 15.2. The van der Waals surface area contributed by atoms with Crippen LogP contribution in [0.4, 0.5) is 0 Å². The smallest absolute Gasteiger partial charge is 0.223 e. The van der Waals surface area contributed by atoms with Gasteiger partial charge in [-0.15, -0.1) is 12.4 Å². The van der Waals surface area contributed by atoms with Crippen LogP contribution in [0.25, 0.3) is 0 Å². The van der Waals surface area contributed by atoms with Gasteiger partial charge in [-0.05, 0) is 62.1 Å². The van der Waals surface area contributed by atoms with E-state index >= 15 is 0 Å². The molecule has 4 aliphatic rings. The molecule has 6 heteroatoms. The van der Waals surface area contributed by atoms with E-state index in [0.717, 1.165) is 37.3 Å². The molecule has 0 spiro atoms. The van der Waals surface area contributed by atoms with Crippen molar-refractivity contribution in [3.63, 3.8) is 0 Å². The van der Waals surface area contributed by atoms with E-state index in [4.69, 9.17) is 9.47 Å². The standard InChI is InChI=1S/C21H28N2O3.ClH/c24-21(12-14-10-16-4-5-17(11-14)22-16)23-7-1-2-18(23)15-3-6-19-20(13-15)26-9-8-25-19;/h3,6,13-14,16-18,22H,1-2,4-5,7-12H2;1H. The predicted octanol–water partition coefficient (Wildman–Crippen LogP) is 3.46. The summed E-state index contributed by atoms with van der Waals surface area (Å²) in [5.74, 6) is 2.54. The molecule has 0 aromatic heterocycles. The second kappa shape index (κ2) is 7.88. The molecule has 4 heterocycles. The fraction of sp³-hybridized carbons (Fsp3) is 0.667. The normalized spacial score (nSPS) is 31.5. The van der Waals surface area contributed by atoms with Crippen molar-refractivity contribution in [2.45, 2.75) is 63.1 Å². The van der Waals surface area contributed by atoms with Crippen molar-refractivity contribution < 1.29 is 14.3 Å². The first-order chi connectivity index (χ1) is 12.8. The third kappa shape index (κ3) is 3.77. The van der Waals surface area contributed by atoms with Crippen molar-refractivity contribution in [1.29, 1.82) is 0 Å². The first-order valence-electron chi connectivity index (χ1n) is 10.2. The first-order valence-corrected chi connectivity index (χ1v) is 10.2. The van der Waals surface area contributed by atoms with E-state index in [0.29, 0.717) is 37.1 Å². The maximum atomic E-state index is 13.1. The summed E-state index contributed by atoms with van der Waals surface area (Å²) >= 11 is 0. The largest absolute Gasteiger partial charge is 0.486 e. The Morgan fingerprint density at radius 1 is 1.07 bits per heavy atom. The van der Waals surface area contributed by atoms with Crippen LogP contribution in [0.1, 0.15) is 56.6 Å². The van der Waals surface area contributed by atoms with Crippen LogP contribution in [0.3, 0.4) is 0 Å². The number of carbonyl (C=O) groups excluding carboxylic acids is 1. The quantitative estimate of drug-likeness (QED) is 0.855. The average molecular weight is 393 g/mol. The molecule has 1 amide bonds. The van der Waals surface area contributed by atoms with Crippen molar-refractivity contribution in [3.05, 3.63) is 23.8 Å². The van der Waals surface area contributed by atoms with E-state index in [2.05, 4.69) is 22.3 Å². The summed E-state index contributed by atoms with van der Waals surface area (Å²) in [5.41, 5.74) is 1.19. The number of amides is 1. The van der Waals surface area contributed by atoms with Crippen molar-refractivity contribution in [2.75, 3.05) is 19.8 Å². The summed E-state index contributed by atoms with van der Waals surface area (Å²) in [5, 5.41) is 3.68. The molecule has 3 atom stereocenters. The Morgan fingerprint density at radius 2 is 1.81 bits per heavy atom. The molecule has 27 heavy (non-hydrogen) atoms. The number of likely N-dealkylation sites (tertiary alicyclic amines) is 1. The molecule has 0 aliphatic carbocycles. The number of hydrogen-bond donors (Lipinski definition) is 1. The zero-order valence-corrected chi connectivity index (χ0v) is 16.5. The SMILES string of the molecule is Cl.O=C(CC1CC2CCC(C1)N2)N1CCCC1c1ccc2c(c1)OCCO2. The zero-order valence-electron chi connectivity index (χ0n) is 15.7. The number of ether oxygens (including phenoxy) is 2. The van der Waals surface area contributed by atoms with Crippen LogP contribution in [0, 0.1) is 5.92 Å². The van der Waals surface area contributed by atoms with Crippen molar-refractivity contribution in [3.8, 4) is 11.5 Å². The van der Waals surface area contributed by atoms with Crippen LogP contribution in [0.2, 0.25) is 0 Å². The fourth-order valence-electron chi connectivity index (χ4n) is 5.38. The third-order valence-corrected chi connectivity index (χ3v) is 6.56. The van der Waals surface area contributed by atoms with Crippen LogP contribution in [-0.4, -0.2) is 42.6 Å². The molecule has 0 radical (unpaired) electrons. The van der Waals surface area contributed by atoms with Crippen LogP contribution in [0.5, 0.6) is 11.5 Å². The number of piperidine rings is 1. The van der Waals surface area contributed by atoms with Crippen molar-refractivity contribution in [1.82, 2.24) is 10.2 Å². The number of benzene rings is 1. The molecule has 2 bridgehead atoms. The molecule has 0 saturated carbocycles. The van der Waals surface area contributed by atoms with Gasteiger partial charge < -0.3 is 19.7 Å². The van der Waals surface area contributed by atoms with E-state index in [-0.39, 0.29) is 18.4 Å². The van der Waals surface area contributed by atoms with Gasteiger partial charge in [0, 0.05) is 25.0 Å². The number of fused-ring (bicyclic) bond motifs is 3. The number of hydrogen-bond acceptors (Lipinski definition) is 4. The Kier molecular flexibility index (Phi) is 5.51. The summed E-state index contributed by atoms with van der Waals surface area (Å²) in [6.45, 7) is 2.09. The van der Waals surface area contributed by atoms with Gasteiger partial charge in [-0.25, -0.2) is 0 Å². The minimum absolute atomic E-state index is 0. The lowest BCUT2D eigenvalue weighted by molar-refractivity contribution is -0.133. The van der Waals surface area contributed by atoms with Gasteiger partial charge in [-0.2, -0.15) is 0 Å².